The molecule has 116 valence electrons. The van der Waals surface area contributed by atoms with E-state index in [-0.39, 0.29) is 5.91 Å². The molecule has 0 saturated carbocycles. The maximum atomic E-state index is 12.5. The Labute approximate surface area is 135 Å². The first-order chi connectivity index (χ1) is 10.6. The van der Waals surface area contributed by atoms with Crippen LogP contribution in [-0.4, -0.2) is 33.9 Å². The zero-order valence-corrected chi connectivity index (χ0v) is 13.9. The van der Waals surface area contributed by atoms with Crippen LogP contribution in [0.2, 0.25) is 0 Å². The molecule has 0 aromatic carbocycles. The van der Waals surface area contributed by atoms with Gasteiger partial charge >= 0.3 is 0 Å². The summed E-state index contributed by atoms with van der Waals surface area (Å²) in [5.41, 5.74) is 2.11. The van der Waals surface area contributed by atoms with Gasteiger partial charge < -0.3 is 4.90 Å². The normalized spacial score (nSPS) is 18.5. The molecule has 1 amide bonds. The number of nitrogens with zero attached hydrogens (tertiary/aromatic N) is 3. The van der Waals surface area contributed by atoms with Crippen LogP contribution in [0.15, 0.2) is 24.5 Å². The average Bonchev–Trinajstić information content (AvgIpc) is 2.88. The molecule has 0 radical (unpaired) electrons. The smallest absolute Gasteiger partial charge is 0.227 e. The fourth-order valence-electron chi connectivity index (χ4n) is 2.87. The van der Waals surface area contributed by atoms with Crippen molar-refractivity contribution in [3.63, 3.8) is 0 Å². The van der Waals surface area contributed by atoms with Gasteiger partial charge in [0, 0.05) is 36.3 Å². The lowest BCUT2D eigenvalue weighted by molar-refractivity contribution is -0.131. The van der Waals surface area contributed by atoms with Crippen LogP contribution in [0.5, 0.6) is 0 Å². The Morgan fingerprint density at radius 1 is 1.45 bits per heavy atom. The van der Waals surface area contributed by atoms with Crippen molar-refractivity contribution in [1.29, 1.82) is 0 Å². The molecule has 1 saturated heterocycles. The fourth-order valence-corrected chi connectivity index (χ4v) is 3.92. The van der Waals surface area contributed by atoms with Gasteiger partial charge in [0.05, 0.1) is 17.1 Å². The van der Waals surface area contributed by atoms with E-state index in [0.717, 1.165) is 37.2 Å². The zero-order valence-electron chi connectivity index (χ0n) is 13.1. The number of hydrogen-bond acceptors (Lipinski definition) is 4. The molecule has 2 aromatic rings. The zero-order chi connectivity index (χ0) is 15.5. The molecule has 1 fully saturated rings. The Hall–Kier alpha value is -1.75. The van der Waals surface area contributed by atoms with Crippen LogP contribution in [0.4, 0.5) is 0 Å². The summed E-state index contributed by atoms with van der Waals surface area (Å²) >= 11 is 1.78. The number of thiazole rings is 1. The number of rotatable bonds is 3. The molecule has 5 heteroatoms. The largest absolute Gasteiger partial charge is 0.342 e. The van der Waals surface area contributed by atoms with E-state index in [1.165, 1.54) is 9.88 Å². The average molecular weight is 315 g/mol. The number of aryl methyl sites for hydroxylation is 2. The van der Waals surface area contributed by atoms with Crippen LogP contribution >= 0.6 is 11.3 Å². The third-order valence-electron chi connectivity index (χ3n) is 4.25. The Morgan fingerprint density at radius 3 is 3.00 bits per heavy atom. The first-order valence-electron chi connectivity index (χ1n) is 7.74. The van der Waals surface area contributed by atoms with Crippen LogP contribution in [0.25, 0.3) is 0 Å². The van der Waals surface area contributed by atoms with Gasteiger partial charge in [-0.25, -0.2) is 4.98 Å². The topological polar surface area (TPSA) is 46.1 Å². The van der Waals surface area contributed by atoms with Gasteiger partial charge in [0.25, 0.3) is 0 Å². The van der Waals surface area contributed by atoms with Crippen molar-refractivity contribution in [2.75, 3.05) is 13.1 Å². The van der Waals surface area contributed by atoms with Gasteiger partial charge in [-0.1, -0.05) is 6.07 Å². The fraction of sp³-hybridized carbons (Fsp3) is 0.471. The second-order valence-electron chi connectivity index (χ2n) is 5.91. The van der Waals surface area contributed by atoms with Crippen LogP contribution in [-0.2, 0) is 11.2 Å². The molecule has 4 nitrogen and oxygen atoms in total. The standard InChI is InChI=1S/C17H21N3OS/c1-12-13(2)22-17(19-12)15-6-4-8-20(11-15)16(21)9-14-5-3-7-18-10-14/h3,5,7,10,15H,4,6,8-9,11H2,1-2H3/t15-/m1/s1. The number of piperidine rings is 1. The van der Waals surface area contributed by atoms with Gasteiger partial charge in [0.2, 0.25) is 5.91 Å². The van der Waals surface area contributed by atoms with Crippen molar-refractivity contribution < 1.29 is 4.79 Å². The maximum absolute atomic E-state index is 12.5. The van der Waals surface area contributed by atoms with E-state index in [4.69, 9.17) is 0 Å². The third-order valence-corrected chi connectivity index (χ3v) is 5.48. The summed E-state index contributed by atoms with van der Waals surface area (Å²) in [6.07, 6.45) is 6.13. The second kappa shape index (κ2) is 6.57. The first-order valence-corrected chi connectivity index (χ1v) is 8.55. The number of carbonyl (C=O) groups is 1. The van der Waals surface area contributed by atoms with E-state index in [0.29, 0.717) is 12.3 Å². The predicted octanol–water partition coefficient (Wildman–Crippen LogP) is 3.10. The highest BCUT2D eigenvalue weighted by Gasteiger charge is 2.26. The molecular formula is C17H21N3OS. The monoisotopic (exact) mass is 315 g/mol. The van der Waals surface area contributed by atoms with Crippen molar-refractivity contribution in [2.45, 2.75) is 39.0 Å². The number of aromatic nitrogens is 2. The van der Waals surface area contributed by atoms with Crippen molar-refractivity contribution in [3.8, 4) is 0 Å². The molecule has 3 heterocycles. The lowest BCUT2D eigenvalue weighted by atomic mass is 9.98. The molecule has 22 heavy (non-hydrogen) atoms. The van der Waals surface area contributed by atoms with Crippen LogP contribution < -0.4 is 0 Å². The molecule has 0 unspecified atom stereocenters. The third kappa shape index (κ3) is 3.35. The Morgan fingerprint density at radius 2 is 2.32 bits per heavy atom. The molecule has 1 atom stereocenters. The van der Waals surface area contributed by atoms with Crippen molar-refractivity contribution >= 4 is 17.2 Å². The Balaban J connectivity index is 1.66. The van der Waals surface area contributed by atoms with E-state index >= 15 is 0 Å². The number of amides is 1. The number of hydrogen-bond donors (Lipinski definition) is 0. The lowest BCUT2D eigenvalue weighted by Gasteiger charge is -2.32. The van der Waals surface area contributed by atoms with Crippen LogP contribution in [0.1, 0.15) is 39.9 Å². The van der Waals surface area contributed by atoms with Gasteiger partial charge in [-0.05, 0) is 38.3 Å². The minimum absolute atomic E-state index is 0.197. The van der Waals surface area contributed by atoms with Gasteiger partial charge in [-0.15, -0.1) is 11.3 Å². The van der Waals surface area contributed by atoms with E-state index in [9.17, 15) is 4.79 Å². The summed E-state index contributed by atoms with van der Waals surface area (Å²) in [7, 11) is 0. The molecule has 0 aliphatic carbocycles. The van der Waals surface area contributed by atoms with E-state index in [2.05, 4.69) is 23.8 Å². The highest BCUT2D eigenvalue weighted by molar-refractivity contribution is 7.11. The molecule has 0 bridgehead atoms. The van der Waals surface area contributed by atoms with Crippen molar-refractivity contribution in [3.05, 3.63) is 45.7 Å². The summed E-state index contributed by atoms with van der Waals surface area (Å²) in [4.78, 5) is 24.5. The number of pyridine rings is 1. The van der Waals surface area contributed by atoms with Crippen LogP contribution in [0, 0.1) is 13.8 Å². The highest BCUT2D eigenvalue weighted by Crippen LogP contribution is 2.31. The highest BCUT2D eigenvalue weighted by atomic mass is 32.1. The maximum Gasteiger partial charge on any atom is 0.227 e. The van der Waals surface area contributed by atoms with Gasteiger partial charge in [0.1, 0.15) is 0 Å². The summed E-state index contributed by atoms with van der Waals surface area (Å²) in [6.45, 7) is 5.83. The van der Waals surface area contributed by atoms with Gasteiger partial charge in [0.15, 0.2) is 0 Å². The molecular weight excluding hydrogens is 294 g/mol. The minimum Gasteiger partial charge on any atom is -0.342 e. The molecule has 0 spiro atoms. The van der Waals surface area contributed by atoms with Crippen LogP contribution in [0.3, 0.4) is 0 Å². The predicted molar refractivity (Wildman–Crippen MR) is 88.1 cm³/mol. The van der Waals surface area contributed by atoms with E-state index < -0.39 is 0 Å². The molecule has 1 aliphatic rings. The molecule has 1 aliphatic heterocycles. The first kappa shape index (κ1) is 15.2. The van der Waals surface area contributed by atoms with E-state index in [1.807, 2.05) is 17.0 Å². The quantitative estimate of drug-likeness (QED) is 0.874. The van der Waals surface area contributed by atoms with E-state index in [1.54, 1.807) is 23.7 Å². The summed E-state index contributed by atoms with van der Waals surface area (Å²) in [5, 5.41) is 1.19. The Bertz CT molecular complexity index is 634. The lowest BCUT2D eigenvalue weighted by Crippen LogP contribution is -2.39. The summed E-state index contributed by atoms with van der Waals surface area (Å²) in [5.74, 6) is 0.590. The molecule has 3 rings (SSSR count). The minimum atomic E-state index is 0.197. The molecule has 0 N–H and O–H groups in total. The van der Waals surface area contributed by atoms with Crippen molar-refractivity contribution in [2.24, 2.45) is 0 Å². The SMILES string of the molecule is Cc1nc([C@@H]2CCCN(C(=O)Cc3cccnc3)C2)sc1C. The van der Waals surface area contributed by atoms with Gasteiger partial charge in [-0.2, -0.15) is 0 Å². The summed E-state index contributed by atoms with van der Waals surface area (Å²) in [6, 6.07) is 3.84. The number of likely N-dealkylation sites (tertiary alicyclic amines) is 1. The Kier molecular flexibility index (Phi) is 4.52. The second-order valence-corrected chi connectivity index (χ2v) is 7.15. The summed E-state index contributed by atoms with van der Waals surface area (Å²) < 4.78 is 0. The van der Waals surface area contributed by atoms with Gasteiger partial charge in [-0.3, -0.25) is 9.78 Å². The number of carbonyl (C=O) groups excluding carboxylic acids is 1. The van der Waals surface area contributed by atoms with Crippen molar-refractivity contribution in [1.82, 2.24) is 14.9 Å². The molecule has 2 aromatic heterocycles.